The van der Waals surface area contributed by atoms with Crippen molar-refractivity contribution in [1.82, 2.24) is 10.2 Å². The molecule has 1 heterocycles. The first kappa shape index (κ1) is 17.5. The quantitative estimate of drug-likeness (QED) is 0.890. The maximum Gasteiger partial charge on any atom is 0.240 e. The average molecular weight is 357 g/mol. The van der Waals surface area contributed by atoms with Crippen molar-refractivity contribution in [2.45, 2.75) is 25.3 Å². The van der Waals surface area contributed by atoms with E-state index in [0.717, 1.165) is 24.0 Å². The molecule has 25 heavy (non-hydrogen) atoms. The molecule has 0 aliphatic carbocycles. The van der Waals surface area contributed by atoms with Crippen molar-refractivity contribution >= 4 is 23.4 Å². The van der Waals surface area contributed by atoms with Gasteiger partial charge in [0, 0.05) is 18.0 Å². The maximum atomic E-state index is 12.5. The molecule has 5 heteroatoms. The number of carbonyl (C=O) groups is 2. The molecule has 2 amide bonds. The highest BCUT2D eigenvalue weighted by atomic mass is 35.5. The highest BCUT2D eigenvalue weighted by Gasteiger charge is 2.23. The zero-order valence-corrected chi connectivity index (χ0v) is 14.7. The Bertz CT molecular complexity index is 731. The third-order valence-electron chi connectivity index (χ3n) is 4.40. The van der Waals surface area contributed by atoms with Gasteiger partial charge in [0.15, 0.2) is 0 Å². The third-order valence-corrected chi connectivity index (χ3v) is 4.65. The highest BCUT2D eigenvalue weighted by Crippen LogP contribution is 2.23. The first-order valence-corrected chi connectivity index (χ1v) is 8.89. The Labute approximate surface area is 152 Å². The van der Waals surface area contributed by atoms with Crippen LogP contribution in [0.25, 0.3) is 0 Å². The fraction of sp³-hybridized carbons (Fsp3) is 0.300. The number of amides is 2. The van der Waals surface area contributed by atoms with Gasteiger partial charge in [0.25, 0.3) is 0 Å². The number of nitrogens with one attached hydrogen (secondary N) is 1. The van der Waals surface area contributed by atoms with Gasteiger partial charge in [-0.2, -0.15) is 0 Å². The summed E-state index contributed by atoms with van der Waals surface area (Å²) in [6.07, 6.45) is 2.40. The van der Waals surface area contributed by atoms with E-state index in [2.05, 4.69) is 5.32 Å². The van der Waals surface area contributed by atoms with Crippen LogP contribution in [0.15, 0.2) is 54.6 Å². The Morgan fingerprint density at radius 1 is 1.04 bits per heavy atom. The molecule has 3 rings (SSSR count). The van der Waals surface area contributed by atoms with Crippen molar-refractivity contribution in [3.63, 3.8) is 0 Å². The van der Waals surface area contributed by atoms with E-state index in [1.165, 1.54) is 0 Å². The Hall–Kier alpha value is -2.33. The number of rotatable bonds is 5. The standard InChI is InChI=1S/C20H21ClN2O2/c21-17-11-9-16(10-12-17)20(15-6-2-1-3-7-15)22-18(24)14-23-13-5-4-8-19(23)25/h1-3,6-7,9-12,20H,4-5,8,13-14H2,(H,22,24). The van der Waals surface area contributed by atoms with Crippen LogP contribution >= 0.6 is 11.6 Å². The zero-order chi connectivity index (χ0) is 17.6. The van der Waals surface area contributed by atoms with Crippen LogP contribution in [0, 0.1) is 0 Å². The fourth-order valence-corrected chi connectivity index (χ4v) is 3.19. The molecule has 1 atom stereocenters. The Balaban J connectivity index is 1.76. The van der Waals surface area contributed by atoms with Crippen molar-refractivity contribution in [1.29, 1.82) is 0 Å². The van der Waals surface area contributed by atoms with E-state index in [4.69, 9.17) is 11.6 Å². The molecule has 1 unspecified atom stereocenters. The monoisotopic (exact) mass is 356 g/mol. The van der Waals surface area contributed by atoms with Crippen LogP contribution in [0.4, 0.5) is 0 Å². The molecule has 0 bridgehead atoms. The minimum absolute atomic E-state index is 0.0594. The maximum absolute atomic E-state index is 12.5. The molecular weight excluding hydrogens is 336 g/mol. The molecule has 1 aliphatic heterocycles. The van der Waals surface area contributed by atoms with Crippen molar-refractivity contribution < 1.29 is 9.59 Å². The summed E-state index contributed by atoms with van der Waals surface area (Å²) in [4.78, 5) is 26.1. The van der Waals surface area contributed by atoms with E-state index in [9.17, 15) is 9.59 Å². The summed E-state index contributed by atoms with van der Waals surface area (Å²) in [6, 6.07) is 17.0. The van der Waals surface area contributed by atoms with Gasteiger partial charge < -0.3 is 10.2 Å². The molecular formula is C20H21ClN2O2. The number of nitrogens with zero attached hydrogens (tertiary/aromatic N) is 1. The molecule has 0 spiro atoms. The number of benzene rings is 2. The molecule has 0 saturated carbocycles. The van der Waals surface area contributed by atoms with Gasteiger partial charge in [-0.05, 0) is 36.1 Å². The molecule has 2 aromatic rings. The van der Waals surface area contributed by atoms with Gasteiger partial charge in [-0.15, -0.1) is 0 Å². The third kappa shape index (κ3) is 4.60. The topological polar surface area (TPSA) is 49.4 Å². The molecule has 2 aromatic carbocycles. The van der Waals surface area contributed by atoms with Crippen LogP contribution < -0.4 is 5.32 Å². The lowest BCUT2D eigenvalue weighted by Crippen LogP contribution is -2.44. The molecule has 4 nitrogen and oxygen atoms in total. The van der Waals surface area contributed by atoms with Crippen molar-refractivity contribution in [2.24, 2.45) is 0 Å². The number of hydrogen-bond acceptors (Lipinski definition) is 2. The summed E-state index contributed by atoms with van der Waals surface area (Å²) in [5, 5.41) is 3.71. The lowest BCUT2D eigenvalue weighted by atomic mass is 9.98. The second-order valence-electron chi connectivity index (χ2n) is 6.24. The van der Waals surface area contributed by atoms with Crippen molar-refractivity contribution in [3.8, 4) is 0 Å². The number of piperidine rings is 1. The fourth-order valence-electron chi connectivity index (χ4n) is 3.07. The van der Waals surface area contributed by atoms with Crippen molar-refractivity contribution in [2.75, 3.05) is 13.1 Å². The smallest absolute Gasteiger partial charge is 0.240 e. The summed E-state index contributed by atoms with van der Waals surface area (Å²) in [6.45, 7) is 0.763. The first-order chi connectivity index (χ1) is 12.1. The van der Waals surface area contributed by atoms with Gasteiger partial charge in [-0.3, -0.25) is 9.59 Å². The van der Waals surface area contributed by atoms with E-state index < -0.39 is 0 Å². The van der Waals surface area contributed by atoms with E-state index in [-0.39, 0.29) is 24.4 Å². The minimum atomic E-state index is -0.272. The predicted octanol–water partition coefficient (Wildman–Crippen LogP) is 3.56. The summed E-state index contributed by atoms with van der Waals surface area (Å²) in [5.41, 5.74) is 1.94. The lowest BCUT2D eigenvalue weighted by molar-refractivity contribution is -0.137. The van der Waals surface area contributed by atoms with E-state index >= 15 is 0 Å². The predicted molar refractivity (Wildman–Crippen MR) is 98.3 cm³/mol. The van der Waals surface area contributed by atoms with Gasteiger partial charge in [0.1, 0.15) is 0 Å². The van der Waals surface area contributed by atoms with E-state index in [1.54, 1.807) is 4.90 Å². The first-order valence-electron chi connectivity index (χ1n) is 8.51. The van der Waals surface area contributed by atoms with Gasteiger partial charge >= 0.3 is 0 Å². The Morgan fingerprint density at radius 3 is 2.40 bits per heavy atom. The highest BCUT2D eigenvalue weighted by molar-refractivity contribution is 6.30. The minimum Gasteiger partial charge on any atom is -0.344 e. The van der Waals surface area contributed by atoms with E-state index in [1.807, 2.05) is 54.6 Å². The Morgan fingerprint density at radius 2 is 1.72 bits per heavy atom. The molecule has 1 N–H and O–H groups in total. The summed E-state index contributed by atoms with van der Waals surface area (Å²) in [7, 11) is 0. The van der Waals surface area contributed by atoms with Crippen LogP contribution in [0.2, 0.25) is 5.02 Å². The van der Waals surface area contributed by atoms with Crippen LogP contribution in [-0.2, 0) is 9.59 Å². The number of hydrogen-bond donors (Lipinski definition) is 1. The Kier molecular flexibility index (Phi) is 5.71. The average Bonchev–Trinajstić information content (AvgIpc) is 2.63. The summed E-state index contributed by atoms with van der Waals surface area (Å²) < 4.78 is 0. The van der Waals surface area contributed by atoms with Gasteiger partial charge in [-0.1, -0.05) is 54.1 Å². The van der Waals surface area contributed by atoms with Crippen molar-refractivity contribution in [3.05, 3.63) is 70.7 Å². The molecule has 1 saturated heterocycles. The second-order valence-corrected chi connectivity index (χ2v) is 6.67. The summed E-state index contributed by atoms with van der Waals surface area (Å²) >= 11 is 5.98. The van der Waals surface area contributed by atoms with Crippen LogP contribution in [0.3, 0.4) is 0 Å². The van der Waals surface area contributed by atoms with Gasteiger partial charge in [0.2, 0.25) is 11.8 Å². The van der Waals surface area contributed by atoms with Crippen LogP contribution in [-0.4, -0.2) is 29.8 Å². The van der Waals surface area contributed by atoms with Crippen LogP contribution in [0.1, 0.15) is 36.4 Å². The number of halogens is 1. The molecule has 0 aromatic heterocycles. The molecule has 0 radical (unpaired) electrons. The van der Waals surface area contributed by atoms with Gasteiger partial charge in [-0.25, -0.2) is 0 Å². The molecule has 1 fully saturated rings. The zero-order valence-electron chi connectivity index (χ0n) is 14.0. The normalized spacial score (nSPS) is 15.7. The largest absolute Gasteiger partial charge is 0.344 e. The SMILES string of the molecule is O=C(CN1CCCCC1=O)NC(c1ccccc1)c1ccc(Cl)cc1. The summed E-state index contributed by atoms with van der Waals surface area (Å²) in [5.74, 6) is -0.0943. The van der Waals surface area contributed by atoms with E-state index in [0.29, 0.717) is 18.0 Å². The van der Waals surface area contributed by atoms with Crippen LogP contribution in [0.5, 0.6) is 0 Å². The number of carbonyl (C=O) groups excluding carboxylic acids is 2. The second kappa shape index (κ2) is 8.17. The molecule has 1 aliphatic rings. The lowest BCUT2D eigenvalue weighted by Gasteiger charge is -2.27. The van der Waals surface area contributed by atoms with Gasteiger partial charge in [0.05, 0.1) is 12.6 Å². The number of likely N-dealkylation sites (tertiary alicyclic amines) is 1. The molecule has 130 valence electrons.